The van der Waals surface area contributed by atoms with Crippen molar-refractivity contribution in [2.75, 3.05) is 27.9 Å². The summed E-state index contributed by atoms with van der Waals surface area (Å²) < 4.78 is 16.3. The highest BCUT2D eigenvalue weighted by molar-refractivity contribution is 5.82. The lowest BCUT2D eigenvalue weighted by Gasteiger charge is -2.37. The Labute approximate surface area is 180 Å². The van der Waals surface area contributed by atoms with Crippen molar-refractivity contribution in [3.63, 3.8) is 0 Å². The second kappa shape index (κ2) is 8.34. The molecule has 31 heavy (non-hydrogen) atoms. The first-order chi connectivity index (χ1) is 15.0. The predicted molar refractivity (Wildman–Crippen MR) is 118 cm³/mol. The summed E-state index contributed by atoms with van der Waals surface area (Å²) in [4.78, 5) is 30.7. The summed E-state index contributed by atoms with van der Waals surface area (Å²) in [5.41, 5.74) is 2.91. The maximum atomic E-state index is 13.2. The summed E-state index contributed by atoms with van der Waals surface area (Å²) in [6.07, 6.45) is 1.04. The minimum atomic E-state index is -0.518. The van der Waals surface area contributed by atoms with Crippen LogP contribution in [0.25, 0.3) is 10.9 Å². The number of nitrogens with zero attached hydrogens (tertiary/aromatic N) is 1. The van der Waals surface area contributed by atoms with Gasteiger partial charge >= 0.3 is 0 Å². The van der Waals surface area contributed by atoms with Gasteiger partial charge in [0.2, 0.25) is 5.91 Å². The average molecular weight is 422 g/mol. The van der Waals surface area contributed by atoms with E-state index in [1.165, 1.54) is 0 Å². The molecule has 7 nitrogen and oxygen atoms in total. The summed E-state index contributed by atoms with van der Waals surface area (Å²) >= 11 is 0. The molecule has 0 fully saturated rings. The molecule has 1 aliphatic rings. The normalized spacial score (nSPS) is 15.5. The largest absolute Gasteiger partial charge is 0.497 e. The second-order valence-electron chi connectivity index (χ2n) is 7.51. The van der Waals surface area contributed by atoms with Gasteiger partial charge in [-0.15, -0.1) is 0 Å². The number of ether oxygens (including phenoxy) is 3. The quantitative estimate of drug-likeness (QED) is 0.681. The average Bonchev–Trinajstić information content (AvgIpc) is 2.81. The molecule has 162 valence electrons. The molecule has 2 aromatic carbocycles. The van der Waals surface area contributed by atoms with Crippen molar-refractivity contribution in [3.8, 4) is 17.2 Å². The van der Waals surface area contributed by atoms with Crippen LogP contribution in [-0.4, -0.2) is 43.7 Å². The third kappa shape index (κ3) is 3.60. The number of methoxy groups -OCH3 is 3. The van der Waals surface area contributed by atoms with Crippen LogP contribution < -0.4 is 19.8 Å². The van der Waals surface area contributed by atoms with Gasteiger partial charge in [-0.05, 0) is 53.9 Å². The third-order valence-corrected chi connectivity index (χ3v) is 5.87. The van der Waals surface area contributed by atoms with Gasteiger partial charge in [-0.3, -0.25) is 9.59 Å². The fourth-order valence-corrected chi connectivity index (χ4v) is 4.28. The van der Waals surface area contributed by atoms with Gasteiger partial charge in [0, 0.05) is 29.4 Å². The number of benzene rings is 2. The number of H-pyrrole nitrogens is 1. The highest BCUT2D eigenvalue weighted by Crippen LogP contribution is 2.41. The molecule has 1 atom stereocenters. The van der Waals surface area contributed by atoms with Gasteiger partial charge < -0.3 is 24.1 Å². The standard InChI is InChI=1S/C24H26N2O5/c1-5-22(27)26-9-8-14-12-20(30-3)21(31-4)13-17(14)23(26)18-11-15-10-16(29-2)6-7-19(15)25-24(18)28/h6-7,10-13,23H,5,8-9H2,1-4H3,(H,25,28). The maximum absolute atomic E-state index is 13.2. The van der Waals surface area contributed by atoms with Gasteiger partial charge in [0.05, 0.1) is 27.4 Å². The zero-order chi connectivity index (χ0) is 22.1. The van der Waals surface area contributed by atoms with Gasteiger partial charge in [-0.2, -0.15) is 0 Å². The molecule has 0 radical (unpaired) electrons. The van der Waals surface area contributed by atoms with E-state index in [2.05, 4.69) is 4.98 Å². The third-order valence-electron chi connectivity index (χ3n) is 5.87. The summed E-state index contributed by atoms with van der Waals surface area (Å²) in [6.45, 7) is 2.36. The SMILES string of the molecule is CCC(=O)N1CCc2cc(OC)c(OC)cc2C1c1cc2cc(OC)ccc2[nH]c1=O. The Bertz CT molecular complexity index is 1200. The lowest BCUT2D eigenvalue weighted by atomic mass is 9.87. The molecule has 2 heterocycles. The van der Waals surface area contributed by atoms with E-state index in [4.69, 9.17) is 14.2 Å². The van der Waals surface area contributed by atoms with Gasteiger partial charge in [0.25, 0.3) is 5.56 Å². The van der Waals surface area contributed by atoms with Crippen molar-refractivity contribution in [2.24, 2.45) is 0 Å². The number of rotatable bonds is 5. The van der Waals surface area contributed by atoms with E-state index in [-0.39, 0.29) is 11.5 Å². The second-order valence-corrected chi connectivity index (χ2v) is 7.51. The van der Waals surface area contributed by atoms with E-state index < -0.39 is 6.04 Å². The molecule has 1 aromatic heterocycles. The van der Waals surface area contributed by atoms with Crippen molar-refractivity contribution in [1.29, 1.82) is 0 Å². The molecule has 0 spiro atoms. The molecule has 0 bridgehead atoms. The van der Waals surface area contributed by atoms with E-state index in [1.54, 1.807) is 32.3 Å². The van der Waals surface area contributed by atoms with Gasteiger partial charge in [0.15, 0.2) is 11.5 Å². The van der Waals surface area contributed by atoms with Crippen LogP contribution in [0.15, 0.2) is 41.2 Å². The molecular weight excluding hydrogens is 396 g/mol. The number of aromatic nitrogens is 1. The minimum absolute atomic E-state index is 0.00410. The molecular formula is C24H26N2O5. The number of hydrogen-bond acceptors (Lipinski definition) is 5. The van der Waals surface area contributed by atoms with E-state index in [1.807, 2.05) is 37.3 Å². The number of fused-ring (bicyclic) bond motifs is 2. The van der Waals surface area contributed by atoms with Crippen molar-refractivity contribution < 1.29 is 19.0 Å². The van der Waals surface area contributed by atoms with Gasteiger partial charge in [-0.1, -0.05) is 6.92 Å². The van der Waals surface area contributed by atoms with Crippen LogP contribution in [-0.2, 0) is 11.2 Å². The number of hydrogen-bond donors (Lipinski definition) is 1. The highest BCUT2D eigenvalue weighted by Gasteiger charge is 2.34. The van der Waals surface area contributed by atoms with Crippen molar-refractivity contribution >= 4 is 16.8 Å². The number of carbonyl (C=O) groups is 1. The van der Waals surface area contributed by atoms with Crippen LogP contribution in [0.2, 0.25) is 0 Å². The Hall–Kier alpha value is -3.48. The first-order valence-electron chi connectivity index (χ1n) is 10.3. The van der Waals surface area contributed by atoms with Crippen molar-refractivity contribution in [3.05, 3.63) is 63.4 Å². The zero-order valence-electron chi connectivity index (χ0n) is 18.2. The lowest BCUT2D eigenvalue weighted by molar-refractivity contribution is -0.132. The molecule has 1 unspecified atom stereocenters. The Kier molecular flexibility index (Phi) is 5.59. The summed E-state index contributed by atoms with van der Waals surface area (Å²) in [7, 11) is 4.78. The first-order valence-corrected chi connectivity index (χ1v) is 10.3. The molecule has 7 heteroatoms. The highest BCUT2D eigenvalue weighted by atomic mass is 16.5. The lowest BCUT2D eigenvalue weighted by Crippen LogP contribution is -2.42. The van der Waals surface area contributed by atoms with E-state index in [9.17, 15) is 9.59 Å². The van der Waals surface area contributed by atoms with Crippen LogP contribution in [0.1, 0.15) is 36.1 Å². The van der Waals surface area contributed by atoms with Crippen LogP contribution in [0.4, 0.5) is 0 Å². The molecule has 4 rings (SSSR count). The maximum Gasteiger partial charge on any atom is 0.254 e. The molecule has 1 aliphatic heterocycles. The molecule has 0 saturated heterocycles. The summed E-state index contributed by atoms with van der Waals surface area (Å²) in [6, 6.07) is 10.6. The summed E-state index contributed by atoms with van der Waals surface area (Å²) in [5, 5.41) is 0.838. The van der Waals surface area contributed by atoms with Crippen molar-refractivity contribution in [1.82, 2.24) is 9.88 Å². The number of amides is 1. The number of carbonyl (C=O) groups excluding carboxylic acids is 1. The molecule has 1 N–H and O–H groups in total. The van der Waals surface area contributed by atoms with Gasteiger partial charge in [0.1, 0.15) is 5.75 Å². The van der Waals surface area contributed by atoms with E-state index in [0.717, 1.165) is 16.5 Å². The molecule has 0 aliphatic carbocycles. The molecule has 3 aromatic rings. The van der Waals surface area contributed by atoms with Crippen molar-refractivity contribution in [2.45, 2.75) is 25.8 Å². The Balaban J connectivity index is 1.96. The van der Waals surface area contributed by atoms with Crippen LogP contribution in [0.5, 0.6) is 17.2 Å². The van der Waals surface area contributed by atoms with Gasteiger partial charge in [-0.25, -0.2) is 0 Å². The zero-order valence-corrected chi connectivity index (χ0v) is 18.2. The Morgan fingerprint density at radius 2 is 1.77 bits per heavy atom. The summed E-state index contributed by atoms with van der Waals surface area (Å²) in [5.74, 6) is 1.89. The van der Waals surface area contributed by atoms with Crippen LogP contribution in [0, 0.1) is 0 Å². The Morgan fingerprint density at radius 3 is 2.45 bits per heavy atom. The van der Waals surface area contributed by atoms with Crippen LogP contribution >= 0.6 is 0 Å². The fraction of sp³-hybridized carbons (Fsp3) is 0.333. The predicted octanol–water partition coefficient (Wildman–Crippen LogP) is 3.44. The topological polar surface area (TPSA) is 80.9 Å². The molecule has 1 amide bonds. The Morgan fingerprint density at radius 1 is 1.03 bits per heavy atom. The number of pyridine rings is 1. The number of aromatic amines is 1. The fourth-order valence-electron chi connectivity index (χ4n) is 4.28. The first kappa shape index (κ1) is 20.8. The van der Waals surface area contributed by atoms with Crippen LogP contribution in [0.3, 0.4) is 0 Å². The minimum Gasteiger partial charge on any atom is -0.497 e. The van der Waals surface area contributed by atoms with E-state index >= 15 is 0 Å². The monoisotopic (exact) mass is 422 g/mol. The smallest absolute Gasteiger partial charge is 0.254 e. The number of nitrogens with one attached hydrogen (secondary N) is 1. The molecule has 0 saturated carbocycles. The van der Waals surface area contributed by atoms with E-state index in [0.29, 0.717) is 47.7 Å².